The van der Waals surface area contributed by atoms with Gasteiger partial charge in [0.2, 0.25) is 5.91 Å². The van der Waals surface area contributed by atoms with Crippen LogP contribution in [0.25, 0.3) is 0 Å². The fourth-order valence-electron chi connectivity index (χ4n) is 1.34. The second kappa shape index (κ2) is 5.89. The van der Waals surface area contributed by atoms with Crippen molar-refractivity contribution in [3.8, 4) is 0 Å². The predicted octanol–water partition coefficient (Wildman–Crippen LogP) is 0.802. The number of carbonyl (C=O) groups excluding carboxylic acids is 1. The lowest BCUT2D eigenvalue weighted by atomic mass is 10.1. The highest BCUT2D eigenvalue weighted by molar-refractivity contribution is 5.97. The van der Waals surface area contributed by atoms with Gasteiger partial charge in [-0.25, -0.2) is 0 Å². The molecule has 1 amide bonds. The molecule has 1 aromatic carbocycles. The van der Waals surface area contributed by atoms with Crippen LogP contribution in [-0.4, -0.2) is 35.4 Å². The van der Waals surface area contributed by atoms with Crippen molar-refractivity contribution in [1.29, 1.82) is 0 Å². The number of nitrogens with two attached hydrogens (primary N) is 1. The van der Waals surface area contributed by atoms with Gasteiger partial charge in [0.05, 0.1) is 6.42 Å². The van der Waals surface area contributed by atoms with E-state index in [9.17, 15) is 4.79 Å². The summed E-state index contributed by atoms with van der Waals surface area (Å²) in [6, 6.07) is 7.05. The van der Waals surface area contributed by atoms with Gasteiger partial charge in [-0.3, -0.25) is 4.79 Å². The Morgan fingerprint density at radius 3 is 2.47 bits per heavy atom. The molecule has 5 nitrogen and oxygen atoms in total. The summed E-state index contributed by atoms with van der Waals surface area (Å²) in [5.41, 5.74) is 6.98. The highest BCUT2D eigenvalue weighted by Crippen LogP contribution is 2.06. The summed E-state index contributed by atoms with van der Waals surface area (Å²) in [6.45, 7) is 2.63. The molecule has 0 unspecified atom stereocenters. The SMILES string of the molecule is CCN(C)C(=O)Cc1ccc(C(N)=NO)cc1. The monoisotopic (exact) mass is 235 g/mol. The molecule has 0 saturated carbocycles. The number of amidine groups is 1. The van der Waals surface area contributed by atoms with Gasteiger partial charge in [-0.05, 0) is 12.5 Å². The normalized spacial score (nSPS) is 11.3. The Kier molecular flexibility index (Phi) is 4.51. The van der Waals surface area contributed by atoms with Crippen molar-refractivity contribution in [3.05, 3.63) is 35.4 Å². The zero-order valence-electron chi connectivity index (χ0n) is 10.1. The van der Waals surface area contributed by atoms with Crippen LogP contribution in [0.4, 0.5) is 0 Å². The third-order valence-corrected chi connectivity index (χ3v) is 2.61. The molecule has 0 aliphatic rings. The van der Waals surface area contributed by atoms with Gasteiger partial charge in [0.25, 0.3) is 0 Å². The maximum absolute atomic E-state index is 11.7. The molecule has 0 radical (unpaired) electrons. The minimum absolute atomic E-state index is 0.0635. The minimum Gasteiger partial charge on any atom is -0.409 e. The van der Waals surface area contributed by atoms with Gasteiger partial charge >= 0.3 is 0 Å². The summed E-state index contributed by atoms with van der Waals surface area (Å²) in [5, 5.41) is 11.4. The van der Waals surface area contributed by atoms with E-state index in [4.69, 9.17) is 10.9 Å². The lowest BCUT2D eigenvalue weighted by Crippen LogP contribution is -2.27. The summed E-state index contributed by atoms with van der Waals surface area (Å²) in [7, 11) is 1.77. The molecule has 0 fully saturated rings. The number of oxime groups is 1. The summed E-state index contributed by atoms with van der Waals surface area (Å²) in [6.07, 6.45) is 0.362. The van der Waals surface area contributed by atoms with E-state index in [0.29, 0.717) is 18.5 Å². The molecule has 0 heterocycles. The van der Waals surface area contributed by atoms with E-state index in [2.05, 4.69) is 5.16 Å². The van der Waals surface area contributed by atoms with Crippen LogP contribution in [0.15, 0.2) is 29.4 Å². The Labute approximate surface area is 101 Å². The lowest BCUT2D eigenvalue weighted by molar-refractivity contribution is -0.128. The van der Waals surface area contributed by atoms with Crippen LogP contribution in [0.1, 0.15) is 18.1 Å². The lowest BCUT2D eigenvalue weighted by Gasteiger charge is -2.14. The molecule has 0 atom stereocenters. The van der Waals surface area contributed by atoms with E-state index < -0.39 is 0 Å². The number of nitrogens with zero attached hydrogens (tertiary/aromatic N) is 2. The largest absolute Gasteiger partial charge is 0.409 e. The molecule has 17 heavy (non-hydrogen) atoms. The van der Waals surface area contributed by atoms with E-state index in [1.807, 2.05) is 6.92 Å². The van der Waals surface area contributed by atoms with Gasteiger partial charge in [-0.2, -0.15) is 0 Å². The van der Waals surface area contributed by atoms with Crippen LogP contribution >= 0.6 is 0 Å². The first-order valence-electron chi connectivity index (χ1n) is 5.39. The van der Waals surface area contributed by atoms with Crippen LogP contribution in [0.5, 0.6) is 0 Å². The Bertz CT molecular complexity index is 412. The summed E-state index contributed by atoms with van der Waals surface area (Å²) < 4.78 is 0. The van der Waals surface area contributed by atoms with Crippen LogP contribution in [0, 0.1) is 0 Å². The second-order valence-corrected chi connectivity index (χ2v) is 3.77. The summed E-state index contributed by atoms with van der Waals surface area (Å²) in [5.74, 6) is 0.137. The van der Waals surface area contributed by atoms with Crippen LogP contribution < -0.4 is 5.73 Å². The van der Waals surface area contributed by atoms with Crippen molar-refractivity contribution in [1.82, 2.24) is 4.90 Å². The first-order chi connectivity index (χ1) is 8.08. The smallest absolute Gasteiger partial charge is 0.226 e. The number of likely N-dealkylation sites (N-methyl/N-ethyl adjacent to an activating group) is 1. The molecule has 92 valence electrons. The van der Waals surface area contributed by atoms with E-state index >= 15 is 0 Å². The zero-order chi connectivity index (χ0) is 12.8. The van der Waals surface area contributed by atoms with Crippen molar-refractivity contribution in [3.63, 3.8) is 0 Å². The second-order valence-electron chi connectivity index (χ2n) is 3.77. The number of hydrogen-bond donors (Lipinski definition) is 2. The number of rotatable bonds is 4. The number of hydrogen-bond acceptors (Lipinski definition) is 3. The van der Waals surface area contributed by atoms with Gasteiger partial charge < -0.3 is 15.8 Å². The molecule has 0 saturated heterocycles. The molecule has 0 aliphatic heterocycles. The number of carbonyl (C=O) groups is 1. The molecule has 0 aliphatic carbocycles. The van der Waals surface area contributed by atoms with Crippen LogP contribution in [0.3, 0.4) is 0 Å². The van der Waals surface area contributed by atoms with E-state index in [-0.39, 0.29) is 11.7 Å². The Hall–Kier alpha value is -2.04. The predicted molar refractivity (Wildman–Crippen MR) is 66.0 cm³/mol. The molecule has 1 rings (SSSR count). The number of benzene rings is 1. The molecule has 1 aromatic rings. The zero-order valence-corrected chi connectivity index (χ0v) is 10.1. The van der Waals surface area contributed by atoms with Crippen molar-refractivity contribution < 1.29 is 10.0 Å². The maximum Gasteiger partial charge on any atom is 0.226 e. The van der Waals surface area contributed by atoms with Crippen molar-refractivity contribution in [2.75, 3.05) is 13.6 Å². The van der Waals surface area contributed by atoms with Gasteiger partial charge in [-0.15, -0.1) is 0 Å². The third-order valence-electron chi connectivity index (χ3n) is 2.61. The first-order valence-corrected chi connectivity index (χ1v) is 5.39. The third kappa shape index (κ3) is 3.48. The van der Waals surface area contributed by atoms with E-state index in [1.54, 1.807) is 36.2 Å². The van der Waals surface area contributed by atoms with Gasteiger partial charge in [-0.1, -0.05) is 29.4 Å². The fourth-order valence-corrected chi connectivity index (χ4v) is 1.34. The first kappa shape index (κ1) is 13.0. The van der Waals surface area contributed by atoms with Crippen molar-refractivity contribution >= 4 is 11.7 Å². The molecular weight excluding hydrogens is 218 g/mol. The van der Waals surface area contributed by atoms with Crippen LogP contribution in [-0.2, 0) is 11.2 Å². The molecular formula is C12H17N3O2. The Balaban J connectivity index is 2.72. The minimum atomic E-state index is 0.0635. The highest BCUT2D eigenvalue weighted by Gasteiger charge is 2.07. The van der Waals surface area contributed by atoms with E-state index in [0.717, 1.165) is 5.56 Å². The van der Waals surface area contributed by atoms with Crippen molar-refractivity contribution in [2.45, 2.75) is 13.3 Å². The number of amides is 1. The molecule has 0 spiro atoms. The molecule has 3 N–H and O–H groups in total. The molecule has 0 bridgehead atoms. The molecule has 0 aromatic heterocycles. The highest BCUT2D eigenvalue weighted by atomic mass is 16.4. The van der Waals surface area contributed by atoms with Gasteiger partial charge in [0, 0.05) is 19.2 Å². The molecule has 5 heteroatoms. The van der Waals surface area contributed by atoms with Gasteiger partial charge in [0.1, 0.15) is 0 Å². The Morgan fingerprint density at radius 1 is 1.41 bits per heavy atom. The van der Waals surface area contributed by atoms with Gasteiger partial charge in [0.15, 0.2) is 5.84 Å². The maximum atomic E-state index is 11.7. The van der Waals surface area contributed by atoms with Crippen molar-refractivity contribution in [2.24, 2.45) is 10.9 Å². The fraction of sp³-hybridized carbons (Fsp3) is 0.333. The topological polar surface area (TPSA) is 78.9 Å². The Morgan fingerprint density at radius 2 is 2.00 bits per heavy atom. The summed E-state index contributed by atoms with van der Waals surface area (Å²) in [4.78, 5) is 13.3. The standard InChI is InChI=1S/C12H17N3O2/c1-3-15(2)11(16)8-9-4-6-10(7-5-9)12(13)14-17/h4-7,17H,3,8H2,1-2H3,(H2,13,14). The average Bonchev–Trinajstić information content (AvgIpc) is 2.37. The van der Waals surface area contributed by atoms with Crippen LogP contribution in [0.2, 0.25) is 0 Å². The average molecular weight is 235 g/mol. The summed E-state index contributed by atoms with van der Waals surface area (Å²) >= 11 is 0. The van der Waals surface area contributed by atoms with E-state index in [1.165, 1.54) is 0 Å². The quantitative estimate of drug-likeness (QED) is 0.351.